The number of anilines is 3. The fraction of sp³-hybridized carbons (Fsp3) is 0.111. The van der Waals surface area contributed by atoms with Gasteiger partial charge in [-0.15, -0.1) is 0 Å². The molecular weight excluding hydrogens is 677 g/mol. The van der Waals surface area contributed by atoms with Crippen LogP contribution < -0.4 is 4.90 Å². The number of nitrogens with zero attached hydrogens (tertiary/aromatic N) is 2. The van der Waals surface area contributed by atoms with Gasteiger partial charge >= 0.3 is 0 Å². The van der Waals surface area contributed by atoms with Crippen molar-refractivity contribution in [3.05, 3.63) is 204 Å². The number of aromatic nitrogens is 1. The number of hydrogen-bond donors (Lipinski definition) is 0. The quantitative estimate of drug-likeness (QED) is 0.172. The first-order chi connectivity index (χ1) is 27.4. The van der Waals surface area contributed by atoms with Crippen LogP contribution in [0.5, 0.6) is 0 Å². The molecule has 268 valence electrons. The molecule has 2 aliphatic rings. The summed E-state index contributed by atoms with van der Waals surface area (Å²) in [7, 11) is 0. The Hall–Kier alpha value is -6.64. The van der Waals surface area contributed by atoms with Gasteiger partial charge in [0.25, 0.3) is 0 Å². The van der Waals surface area contributed by atoms with Crippen LogP contribution in [0.3, 0.4) is 0 Å². The van der Waals surface area contributed by atoms with Crippen molar-refractivity contribution in [2.24, 2.45) is 0 Å². The molecule has 0 saturated carbocycles. The summed E-state index contributed by atoms with van der Waals surface area (Å²) in [5.74, 6) is 0. The molecule has 11 rings (SSSR count). The molecular formula is C54H42N2. The predicted octanol–water partition coefficient (Wildman–Crippen LogP) is 14.5. The SMILES string of the molecule is CC1(C)c2ccccc2-c2c(N(c3ccccc3-c3cccc4c5ccccc5n(-c5ccccc5)c34)c3cccc4c3C(C)(C)c3ccccc3-4)cccc21. The molecule has 0 fully saturated rings. The second-order valence-electron chi connectivity index (χ2n) is 16.5. The van der Waals surface area contributed by atoms with Crippen LogP contribution in [0, 0.1) is 0 Å². The van der Waals surface area contributed by atoms with Crippen molar-refractivity contribution in [2.45, 2.75) is 38.5 Å². The van der Waals surface area contributed by atoms with Gasteiger partial charge in [0.1, 0.15) is 0 Å². The van der Waals surface area contributed by atoms with E-state index in [0.29, 0.717) is 0 Å². The summed E-state index contributed by atoms with van der Waals surface area (Å²) in [5.41, 5.74) is 19.9. The third-order valence-electron chi connectivity index (χ3n) is 12.8. The zero-order valence-electron chi connectivity index (χ0n) is 32.2. The van der Waals surface area contributed by atoms with E-state index in [9.17, 15) is 0 Å². The zero-order valence-corrected chi connectivity index (χ0v) is 32.2. The van der Waals surface area contributed by atoms with E-state index in [2.05, 4.69) is 219 Å². The van der Waals surface area contributed by atoms with Gasteiger partial charge in [-0.1, -0.05) is 173 Å². The van der Waals surface area contributed by atoms with E-state index in [1.807, 2.05) is 0 Å². The van der Waals surface area contributed by atoms with Crippen LogP contribution in [0.1, 0.15) is 49.9 Å². The van der Waals surface area contributed by atoms with E-state index >= 15 is 0 Å². The summed E-state index contributed by atoms with van der Waals surface area (Å²) < 4.78 is 2.46. The molecule has 2 heteroatoms. The van der Waals surface area contributed by atoms with E-state index in [-0.39, 0.29) is 10.8 Å². The number of para-hydroxylation sites is 4. The topological polar surface area (TPSA) is 8.17 Å². The van der Waals surface area contributed by atoms with Crippen LogP contribution in [0.25, 0.3) is 60.9 Å². The Labute approximate surface area is 328 Å². The standard InChI is InChI=1S/C54H42N2/c1-53(2)44-29-13-9-24-42(44)50-45(53)30-18-33-48(50)56(49-34-17-25-39-36-21-8-12-28-43(36)54(3,4)51(39)49)47-32-15-11-23-38(47)41-27-16-26-40-37-22-10-14-31-46(37)55(52(40)41)35-19-6-5-7-20-35/h5-34H,1-4H3. The summed E-state index contributed by atoms with van der Waals surface area (Å²) in [4.78, 5) is 2.60. The van der Waals surface area contributed by atoms with Crippen LogP contribution in [0.2, 0.25) is 0 Å². The van der Waals surface area contributed by atoms with Crippen LogP contribution >= 0.6 is 0 Å². The van der Waals surface area contributed by atoms with Crippen molar-refractivity contribution >= 4 is 38.9 Å². The molecule has 0 aliphatic heterocycles. The van der Waals surface area contributed by atoms with Gasteiger partial charge in [0.05, 0.1) is 28.1 Å². The first kappa shape index (κ1) is 32.8. The maximum atomic E-state index is 2.60. The Morgan fingerprint density at radius 1 is 0.375 bits per heavy atom. The highest BCUT2D eigenvalue weighted by Gasteiger charge is 2.41. The lowest BCUT2D eigenvalue weighted by Gasteiger charge is -2.35. The molecule has 0 spiro atoms. The van der Waals surface area contributed by atoms with Crippen molar-refractivity contribution in [1.82, 2.24) is 4.57 Å². The van der Waals surface area contributed by atoms with E-state index in [0.717, 1.165) is 11.4 Å². The molecule has 0 radical (unpaired) electrons. The lowest BCUT2D eigenvalue weighted by molar-refractivity contribution is 0.659. The molecule has 56 heavy (non-hydrogen) atoms. The molecule has 2 aliphatic carbocycles. The largest absolute Gasteiger partial charge is 0.309 e. The van der Waals surface area contributed by atoms with E-state index in [4.69, 9.17) is 0 Å². The highest BCUT2D eigenvalue weighted by atomic mass is 15.2. The third kappa shape index (κ3) is 4.44. The normalized spacial score (nSPS) is 14.4. The fourth-order valence-corrected chi connectivity index (χ4v) is 10.3. The summed E-state index contributed by atoms with van der Waals surface area (Å²) in [6.07, 6.45) is 0. The molecule has 1 aromatic heterocycles. The molecule has 0 unspecified atom stereocenters. The highest BCUT2D eigenvalue weighted by molar-refractivity contribution is 6.15. The van der Waals surface area contributed by atoms with Crippen LogP contribution in [0.4, 0.5) is 17.1 Å². The number of rotatable bonds is 5. The van der Waals surface area contributed by atoms with Crippen molar-refractivity contribution in [1.29, 1.82) is 0 Å². The fourth-order valence-electron chi connectivity index (χ4n) is 10.3. The molecule has 8 aromatic carbocycles. The predicted molar refractivity (Wildman–Crippen MR) is 236 cm³/mol. The smallest absolute Gasteiger partial charge is 0.0620 e. The van der Waals surface area contributed by atoms with Crippen molar-refractivity contribution in [2.75, 3.05) is 4.90 Å². The summed E-state index contributed by atoms with van der Waals surface area (Å²) in [5, 5.41) is 2.50. The first-order valence-electron chi connectivity index (χ1n) is 19.8. The average molecular weight is 719 g/mol. The number of hydrogen-bond acceptors (Lipinski definition) is 1. The van der Waals surface area contributed by atoms with Gasteiger partial charge in [0, 0.05) is 44.0 Å². The van der Waals surface area contributed by atoms with Crippen LogP contribution in [-0.4, -0.2) is 4.57 Å². The van der Waals surface area contributed by atoms with Gasteiger partial charge in [-0.3, -0.25) is 0 Å². The first-order valence-corrected chi connectivity index (χ1v) is 19.8. The summed E-state index contributed by atoms with van der Waals surface area (Å²) >= 11 is 0. The van der Waals surface area contributed by atoms with E-state index < -0.39 is 0 Å². The monoisotopic (exact) mass is 718 g/mol. The molecule has 0 atom stereocenters. The summed E-state index contributed by atoms with van der Waals surface area (Å²) in [6, 6.07) is 67.5. The Morgan fingerprint density at radius 3 is 1.73 bits per heavy atom. The molecule has 2 nitrogen and oxygen atoms in total. The van der Waals surface area contributed by atoms with Gasteiger partial charge in [0.15, 0.2) is 0 Å². The molecule has 0 N–H and O–H groups in total. The van der Waals surface area contributed by atoms with Gasteiger partial charge in [-0.2, -0.15) is 0 Å². The minimum Gasteiger partial charge on any atom is -0.309 e. The Morgan fingerprint density at radius 2 is 0.911 bits per heavy atom. The number of benzene rings is 8. The molecule has 1 heterocycles. The molecule has 0 amide bonds. The Balaban J connectivity index is 1.26. The number of fused-ring (bicyclic) bond motifs is 9. The minimum atomic E-state index is -0.218. The molecule has 9 aromatic rings. The maximum absolute atomic E-state index is 2.60. The van der Waals surface area contributed by atoms with Gasteiger partial charge < -0.3 is 9.47 Å². The second kappa shape index (κ2) is 11.9. The maximum Gasteiger partial charge on any atom is 0.0620 e. The van der Waals surface area contributed by atoms with Crippen LogP contribution in [0.15, 0.2) is 182 Å². The van der Waals surface area contributed by atoms with Crippen molar-refractivity contribution < 1.29 is 0 Å². The van der Waals surface area contributed by atoms with Crippen molar-refractivity contribution in [3.8, 4) is 39.1 Å². The zero-order chi connectivity index (χ0) is 37.8. The van der Waals surface area contributed by atoms with Gasteiger partial charge in [-0.05, 0) is 75.3 Å². The second-order valence-corrected chi connectivity index (χ2v) is 16.5. The lowest BCUT2D eigenvalue weighted by Crippen LogP contribution is -2.21. The van der Waals surface area contributed by atoms with Gasteiger partial charge in [-0.25, -0.2) is 0 Å². The van der Waals surface area contributed by atoms with Crippen LogP contribution in [-0.2, 0) is 10.8 Å². The van der Waals surface area contributed by atoms with Gasteiger partial charge in [0.2, 0.25) is 0 Å². The average Bonchev–Trinajstić information content (AvgIpc) is 3.79. The van der Waals surface area contributed by atoms with E-state index in [1.54, 1.807) is 0 Å². The Bertz CT molecular complexity index is 3030. The molecule has 0 bridgehead atoms. The third-order valence-corrected chi connectivity index (χ3v) is 12.8. The summed E-state index contributed by atoms with van der Waals surface area (Å²) in [6.45, 7) is 9.56. The molecule has 0 saturated heterocycles. The van der Waals surface area contributed by atoms with Crippen molar-refractivity contribution in [3.63, 3.8) is 0 Å². The minimum absolute atomic E-state index is 0.135. The lowest BCUT2D eigenvalue weighted by atomic mass is 9.81. The highest BCUT2D eigenvalue weighted by Crippen LogP contribution is 2.59. The van der Waals surface area contributed by atoms with E-state index in [1.165, 1.54) is 88.8 Å². The Kier molecular flexibility index (Phi) is 6.98.